The highest BCUT2D eigenvalue weighted by Crippen LogP contribution is 2.34. The van der Waals surface area contributed by atoms with Gasteiger partial charge >= 0.3 is 0 Å². The van der Waals surface area contributed by atoms with E-state index in [9.17, 15) is 14.0 Å². The summed E-state index contributed by atoms with van der Waals surface area (Å²) < 4.78 is 19.2. The molecule has 0 radical (unpaired) electrons. The minimum atomic E-state index is -0.582. The zero-order valence-corrected chi connectivity index (χ0v) is 12.5. The van der Waals surface area contributed by atoms with Crippen molar-refractivity contribution in [1.29, 1.82) is 0 Å². The summed E-state index contributed by atoms with van der Waals surface area (Å²) in [5, 5.41) is 2.63. The van der Waals surface area contributed by atoms with Crippen LogP contribution in [0.5, 0.6) is 5.75 Å². The molecule has 0 aliphatic carbocycles. The molecule has 2 amide bonds. The number of hydrogen-bond acceptors (Lipinski definition) is 3. The second kappa shape index (κ2) is 6.08. The number of nitrogens with one attached hydrogen (secondary N) is 1. The van der Waals surface area contributed by atoms with Crippen molar-refractivity contribution in [3.8, 4) is 5.75 Å². The van der Waals surface area contributed by atoms with Crippen molar-refractivity contribution in [2.45, 2.75) is 6.92 Å². The maximum Gasteiger partial charge on any atom is 0.258 e. The molecule has 6 heteroatoms. The number of carbonyl (C=O) groups is 2. The summed E-state index contributed by atoms with van der Waals surface area (Å²) in [6, 6.07) is 10.7. The van der Waals surface area contributed by atoms with E-state index in [1.54, 1.807) is 29.2 Å². The maximum atomic E-state index is 13.6. The molecule has 2 aromatic rings. The molecular formula is C17H15FN2O3. The predicted molar refractivity (Wildman–Crippen MR) is 84.3 cm³/mol. The Labute approximate surface area is 132 Å². The van der Waals surface area contributed by atoms with Crippen LogP contribution in [0.3, 0.4) is 0 Å². The Morgan fingerprint density at radius 3 is 2.74 bits per heavy atom. The van der Waals surface area contributed by atoms with Gasteiger partial charge in [0.25, 0.3) is 5.91 Å². The molecule has 0 unspecified atom stereocenters. The van der Waals surface area contributed by atoms with Crippen molar-refractivity contribution in [2.24, 2.45) is 0 Å². The highest BCUT2D eigenvalue weighted by Gasteiger charge is 2.21. The van der Waals surface area contributed by atoms with E-state index in [-0.39, 0.29) is 11.5 Å². The molecule has 3 rings (SSSR count). The lowest BCUT2D eigenvalue weighted by Gasteiger charge is -2.29. The lowest BCUT2D eigenvalue weighted by Crippen LogP contribution is -2.36. The van der Waals surface area contributed by atoms with Gasteiger partial charge in [0, 0.05) is 18.7 Å². The first kappa shape index (κ1) is 15.0. The van der Waals surface area contributed by atoms with Crippen molar-refractivity contribution in [3.63, 3.8) is 0 Å². The Hall–Kier alpha value is -2.89. The van der Waals surface area contributed by atoms with E-state index < -0.39 is 11.7 Å². The fourth-order valence-electron chi connectivity index (χ4n) is 2.47. The molecule has 1 N–H and O–H groups in total. The van der Waals surface area contributed by atoms with Crippen molar-refractivity contribution >= 4 is 23.2 Å². The van der Waals surface area contributed by atoms with Crippen LogP contribution in [0, 0.1) is 5.82 Å². The maximum absolute atomic E-state index is 13.6. The monoisotopic (exact) mass is 314 g/mol. The molecule has 0 saturated heterocycles. The normalized spacial score (nSPS) is 13.0. The zero-order chi connectivity index (χ0) is 16.4. The van der Waals surface area contributed by atoms with Gasteiger partial charge in [0.1, 0.15) is 18.2 Å². The summed E-state index contributed by atoms with van der Waals surface area (Å²) in [5.74, 6) is -0.681. The summed E-state index contributed by atoms with van der Waals surface area (Å²) in [7, 11) is 0. The topological polar surface area (TPSA) is 58.6 Å². The van der Waals surface area contributed by atoms with Crippen LogP contribution in [0.1, 0.15) is 17.3 Å². The molecule has 0 aromatic heterocycles. The quantitative estimate of drug-likeness (QED) is 0.927. The number of nitrogens with zero attached hydrogens (tertiary/aromatic N) is 1. The molecule has 118 valence electrons. The first-order valence-electron chi connectivity index (χ1n) is 7.17. The van der Waals surface area contributed by atoms with Crippen LogP contribution < -0.4 is 15.0 Å². The first-order chi connectivity index (χ1) is 11.1. The standard InChI is InChI=1S/C17H15FN2O3/c1-11(21)20-8-9-23-16-10-12(6-7-15(16)20)19-17(22)13-4-2-3-5-14(13)18/h2-7,10H,8-9H2,1H3,(H,19,22). The van der Waals surface area contributed by atoms with Gasteiger partial charge in [-0.25, -0.2) is 4.39 Å². The van der Waals surface area contributed by atoms with Gasteiger partial charge in [0.05, 0.1) is 17.8 Å². The number of hydrogen-bond donors (Lipinski definition) is 1. The minimum Gasteiger partial charge on any atom is -0.489 e. The second-order valence-corrected chi connectivity index (χ2v) is 5.14. The van der Waals surface area contributed by atoms with Crippen LogP contribution in [0.25, 0.3) is 0 Å². The van der Waals surface area contributed by atoms with Crippen molar-refractivity contribution < 1.29 is 18.7 Å². The lowest BCUT2D eigenvalue weighted by atomic mass is 10.1. The molecule has 23 heavy (non-hydrogen) atoms. The molecule has 5 nitrogen and oxygen atoms in total. The predicted octanol–water partition coefficient (Wildman–Crippen LogP) is 2.82. The number of anilines is 2. The van der Waals surface area contributed by atoms with Gasteiger partial charge in [-0.15, -0.1) is 0 Å². The van der Waals surface area contributed by atoms with Gasteiger partial charge in [-0.2, -0.15) is 0 Å². The number of halogens is 1. The van der Waals surface area contributed by atoms with E-state index in [1.165, 1.54) is 25.1 Å². The summed E-state index contributed by atoms with van der Waals surface area (Å²) in [5.41, 5.74) is 1.10. The van der Waals surface area contributed by atoms with Gasteiger partial charge in [0.15, 0.2) is 0 Å². The Bertz CT molecular complexity index is 776. The summed E-state index contributed by atoms with van der Waals surface area (Å²) in [4.78, 5) is 25.3. The molecule has 1 aliphatic rings. The Morgan fingerprint density at radius 2 is 2.00 bits per heavy atom. The van der Waals surface area contributed by atoms with E-state index in [4.69, 9.17) is 4.74 Å². The molecule has 0 bridgehead atoms. The lowest BCUT2D eigenvalue weighted by molar-refractivity contribution is -0.116. The third kappa shape index (κ3) is 3.01. The van der Waals surface area contributed by atoms with Crippen LogP contribution in [-0.4, -0.2) is 25.0 Å². The molecule has 0 atom stereocenters. The van der Waals surface area contributed by atoms with Crippen LogP contribution in [0.4, 0.5) is 15.8 Å². The fraction of sp³-hybridized carbons (Fsp3) is 0.176. The molecule has 0 fully saturated rings. The van der Waals surface area contributed by atoms with Gasteiger partial charge in [-0.3, -0.25) is 9.59 Å². The van der Waals surface area contributed by atoms with Crippen LogP contribution in [0.2, 0.25) is 0 Å². The SMILES string of the molecule is CC(=O)N1CCOc2cc(NC(=O)c3ccccc3F)ccc21. The molecule has 2 aromatic carbocycles. The van der Waals surface area contributed by atoms with Gasteiger partial charge in [0.2, 0.25) is 5.91 Å². The number of rotatable bonds is 2. The fourth-order valence-corrected chi connectivity index (χ4v) is 2.47. The van der Waals surface area contributed by atoms with Crippen LogP contribution in [-0.2, 0) is 4.79 Å². The molecule has 0 saturated carbocycles. The van der Waals surface area contributed by atoms with Crippen LogP contribution in [0.15, 0.2) is 42.5 Å². The number of fused-ring (bicyclic) bond motifs is 1. The number of amides is 2. The van der Waals surface area contributed by atoms with Crippen molar-refractivity contribution in [1.82, 2.24) is 0 Å². The highest BCUT2D eigenvalue weighted by atomic mass is 19.1. The molecule has 0 spiro atoms. The average Bonchev–Trinajstić information content (AvgIpc) is 2.54. The summed E-state index contributed by atoms with van der Waals surface area (Å²) in [6.07, 6.45) is 0. The van der Waals surface area contributed by atoms with Crippen LogP contribution >= 0.6 is 0 Å². The number of benzene rings is 2. The van der Waals surface area contributed by atoms with Crippen molar-refractivity contribution in [2.75, 3.05) is 23.4 Å². The van der Waals surface area contributed by atoms with Gasteiger partial charge < -0.3 is 15.0 Å². The largest absolute Gasteiger partial charge is 0.489 e. The average molecular weight is 314 g/mol. The van der Waals surface area contributed by atoms with E-state index in [1.807, 2.05) is 0 Å². The van der Waals surface area contributed by atoms with E-state index >= 15 is 0 Å². The smallest absolute Gasteiger partial charge is 0.258 e. The van der Waals surface area contributed by atoms with Gasteiger partial charge in [-0.05, 0) is 24.3 Å². The number of ether oxygens (including phenoxy) is 1. The van der Waals surface area contributed by atoms with Gasteiger partial charge in [-0.1, -0.05) is 12.1 Å². The molecular weight excluding hydrogens is 299 g/mol. The van der Waals surface area contributed by atoms with Crippen molar-refractivity contribution in [3.05, 3.63) is 53.8 Å². The van der Waals surface area contributed by atoms with E-state index in [0.29, 0.717) is 30.3 Å². The number of carbonyl (C=O) groups excluding carboxylic acids is 2. The summed E-state index contributed by atoms with van der Waals surface area (Å²) in [6.45, 7) is 2.36. The second-order valence-electron chi connectivity index (χ2n) is 5.14. The molecule has 1 aliphatic heterocycles. The third-order valence-corrected chi connectivity index (χ3v) is 3.58. The first-order valence-corrected chi connectivity index (χ1v) is 7.17. The zero-order valence-electron chi connectivity index (χ0n) is 12.5. The minimum absolute atomic E-state index is 0.0310. The Kier molecular flexibility index (Phi) is 3.97. The van der Waals surface area contributed by atoms with E-state index in [2.05, 4.69) is 5.32 Å². The Morgan fingerprint density at radius 1 is 1.22 bits per heavy atom. The third-order valence-electron chi connectivity index (χ3n) is 3.58. The molecule has 1 heterocycles. The highest BCUT2D eigenvalue weighted by molar-refractivity contribution is 6.05. The summed E-state index contributed by atoms with van der Waals surface area (Å²) >= 11 is 0. The van der Waals surface area contributed by atoms with E-state index in [0.717, 1.165) is 0 Å². The Balaban J connectivity index is 1.84.